The summed E-state index contributed by atoms with van der Waals surface area (Å²) in [6, 6.07) is 12.5. The van der Waals surface area contributed by atoms with Crippen molar-refractivity contribution in [1.82, 2.24) is 30.6 Å². The second-order valence-corrected chi connectivity index (χ2v) is 11.8. The molecular weight excluding hydrogens is 626 g/mol. The largest absolute Gasteiger partial charge is 0.477 e. The Hall–Kier alpha value is -4.87. The number of H-pyrrole nitrogens is 1. The number of aromatic amines is 1. The van der Waals surface area contributed by atoms with Crippen LogP contribution in [0.2, 0.25) is 0 Å². The summed E-state index contributed by atoms with van der Waals surface area (Å²) in [4.78, 5) is 40.1. The van der Waals surface area contributed by atoms with E-state index in [2.05, 4.69) is 25.9 Å². The van der Waals surface area contributed by atoms with Gasteiger partial charge in [0.05, 0.1) is 37.1 Å². The van der Waals surface area contributed by atoms with E-state index in [0.717, 1.165) is 16.5 Å². The van der Waals surface area contributed by atoms with E-state index in [4.69, 9.17) is 15.2 Å². The normalized spacial score (nSPS) is 22.2. The number of fused-ring (bicyclic) bond motifs is 1. The summed E-state index contributed by atoms with van der Waals surface area (Å²) in [7, 11) is 0. The molecule has 1 unspecified atom stereocenters. The van der Waals surface area contributed by atoms with E-state index < -0.39 is 67.0 Å². The molecule has 2 aromatic carbocycles. The van der Waals surface area contributed by atoms with E-state index in [9.17, 15) is 34.8 Å². The lowest BCUT2D eigenvalue weighted by Gasteiger charge is -2.46. The number of hydrogen-bond acceptors (Lipinski definition) is 11. The summed E-state index contributed by atoms with van der Waals surface area (Å²) in [5.74, 6) is -5.09. The molecule has 0 radical (unpaired) electrons. The number of hydrogen-bond donors (Lipinski definition) is 8. The Bertz CT molecular complexity index is 1730. The lowest BCUT2D eigenvalue weighted by molar-refractivity contribution is -0.310. The zero-order chi connectivity index (χ0) is 34.4. The number of benzene rings is 2. The second-order valence-electron chi connectivity index (χ2n) is 11.8. The Balaban J connectivity index is 1.20. The van der Waals surface area contributed by atoms with Crippen molar-refractivity contribution in [2.24, 2.45) is 0 Å². The lowest BCUT2D eigenvalue weighted by Crippen LogP contribution is -2.68. The molecule has 0 bridgehead atoms. The first-order valence-corrected chi connectivity index (χ1v) is 15.4. The number of amides is 2. The first kappa shape index (κ1) is 34.5. The fraction of sp³-hybridized carbons (Fsp3) is 0.406. The van der Waals surface area contributed by atoms with Crippen LogP contribution >= 0.6 is 0 Å². The summed E-state index contributed by atoms with van der Waals surface area (Å²) < 4.78 is 13.2. The van der Waals surface area contributed by atoms with E-state index >= 15 is 0 Å². The molecule has 256 valence electrons. The van der Waals surface area contributed by atoms with Crippen molar-refractivity contribution in [3.63, 3.8) is 0 Å². The Labute approximate surface area is 274 Å². The highest BCUT2D eigenvalue weighted by Gasteiger charge is 2.55. The number of aromatic nitrogens is 4. The predicted octanol–water partition coefficient (Wildman–Crippen LogP) is -0.0737. The number of nitrogen functional groups attached to an aromatic ring is 1. The van der Waals surface area contributed by atoms with Crippen LogP contribution in [-0.2, 0) is 32.0 Å². The number of carboxylic acid groups (broad SMARTS) is 1. The van der Waals surface area contributed by atoms with Crippen LogP contribution in [0, 0.1) is 0 Å². The monoisotopic (exact) mass is 665 g/mol. The molecule has 1 saturated heterocycles. The molecular formula is C32H39N7O9. The summed E-state index contributed by atoms with van der Waals surface area (Å²) in [5.41, 5.74) is 9.45. The second kappa shape index (κ2) is 14.9. The van der Waals surface area contributed by atoms with Crippen LogP contribution in [0.15, 0.2) is 60.9 Å². The third kappa shape index (κ3) is 7.98. The fourth-order valence-electron chi connectivity index (χ4n) is 5.70. The number of carboxylic acids is 1. The number of nitrogens with zero attached hydrogens (tertiary/aromatic N) is 3. The molecule has 2 amide bonds. The molecule has 6 atom stereocenters. The van der Waals surface area contributed by atoms with E-state index in [1.807, 2.05) is 24.4 Å². The minimum Gasteiger partial charge on any atom is -0.477 e. The van der Waals surface area contributed by atoms with Crippen LogP contribution in [0.1, 0.15) is 41.4 Å². The van der Waals surface area contributed by atoms with E-state index in [1.54, 1.807) is 41.2 Å². The lowest BCUT2D eigenvalue weighted by atomic mass is 9.88. The van der Waals surface area contributed by atoms with Gasteiger partial charge in [-0.05, 0) is 48.7 Å². The van der Waals surface area contributed by atoms with Gasteiger partial charge in [0.2, 0.25) is 5.91 Å². The Kier molecular flexibility index (Phi) is 10.7. The maximum absolute atomic E-state index is 12.5. The summed E-state index contributed by atoms with van der Waals surface area (Å²) in [6.07, 6.45) is -2.94. The Morgan fingerprint density at radius 1 is 1.21 bits per heavy atom. The zero-order valence-electron chi connectivity index (χ0n) is 26.2. The van der Waals surface area contributed by atoms with Gasteiger partial charge < -0.3 is 51.3 Å². The van der Waals surface area contributed by atoms with Gasteiger partial charge in [0.15, 0.2) is 0 Å². The smallest absolute Gasteiger partial charge is 0.364 e. The Morgan fingerprint density at radius 3 is 2.71 bits per heavy atom. The molecule has 5 rings (SSSR count). The number of nitrogens with two attached hydrogens (primary N) is 1. The highest BCUT2D eigenvalue weighted by Crippen LogP contribution is 2.34. The molecule has 48 heavy (non-hydrogen) atoms. The van der Waals surface area contributed by atoms with Gasteiger partial charge in [-0.2, -0.15) is 0 Å². The van der Waals surface area contributed by atoms with E-state index in [0.29, 0.717) is 36.3 Å². The van der Waals surface area contributed by atoms with Crippen molar-refractivity contribution in [3.05, 3.63) is 77.7 Å². The number of nitrogens with one attached hydrogen (secondary N) is 3. The topological polar surface area (TPSA) is 247 Å². The van der Waals surface area contributed by atoms with E-state index in [1.165, 1.54) is 6.92 Å². The molecule has 1 aliphatic heterocycles. The SMILES string of the molecule is CC(=O)N[C@H]1C([C@H](O)[C@H](O)CNC(=O)c2ccccc2)O[C@@](OCCCc2cn(Cc3c[nH]c4ccc(N)cc34)nn2)(C(=O)O)C[C@@H]1O. The number of anilines is 1. The number of carbonyl (C=O) groups is 3. The molecule has 3 heterocycles. The average Bonchev–Trinajstić information content (AvgIpc) is 3.69. The fourth-order valence-corrected chi connectivity index (χ4v) is 5.70. The number of aryl methyl sites for hydroxylation is 1. The van der Waals surface area contributed by atoms with Gasteiger partial charge in [-0.3, -0.25) is 9.59 Å². The van der Waals surface area contributed by atoms with Crippen LogP contribution in [0.5, 0.6) is 0 Å². The van der Waals surface area contributed by atoms with Crippen molar-refractivity contribution >= 4 is 34.4 Å². The molecule has 2 aromatic heterocycles. The minimum atomic E-state index is -2.41. The predicted molar refractivity (Wildman–Crippen MR) is 170 cm³/mol. The van der Waals surface area contributed by atoms with Crippen molar-refractivity contribution in [2.45, 2.75) is 69.0 Å². The van der Waals surface area contributed by atoms with Crippen LogP contribution < -0.4 is 16.4 Å². The number of aliphatic carboxylic acids is 1. The number of aliphatic hydroxyl groups is 3. The molecule has 4 aromatic rings. The molecule has 0 spiro atoms. The molecule has 9 N–H and O–H groups in total. The Morgan fingerprint density at radius 2 is 1.98 bits per heavy atom. The number of rotatable bonds is 14. The average molecular weight is 666 g/mol. The van der Waals surface area contributed by atoms with Crippen LogP contribution in [-0.4, -0.2) is 108 Å². The maximum Gasteiger partial charge on any atom is 0.364 e. The summed E-state index contributed by atoms with van der Waals surface area (Å²) >= 11 is 0. The molecule has 16 nitrogen and oxygen atoms in total. The van der Waals surface area contributed by atoms with Crippen molar-refractivity contribution in [2.75, 3.05) is 18.9 Å². The summed E-state index contributed by atoms with van der Waals surface area (Å²) in [6.45, 7) is 1.04. The van der Waals surface area contributed by atoms with Gasteiger partial charge in [0, 0.05) is 54.4 Å². The molecule has 0 aliphatic carbocycles. The van der Waals surface area contributed by atoms with Gasteiger partial charge in [-0.15, -0.1) is 5.10 Å². The van der Waals surface area contributed by atoms with Gasteiger partial charge in [0.1, 0.15) is 12.2 Å². The molecule has 1 fully saturated rings. The van der Waals surface area contributed by atoms with Crippen molar-refractivity contribution in [1.29, 1.82) is 0 Å². The third-order valence-corrected chi connectivity index (χ3v) is 8.13. The van der Waals surface area contributed by atoms with Crippen LogP contribution in [0.3, 0.4) is 0 Å². The molecule has 1 aliphatic rings. The van der Waals surface area contributed by atoms with E-state index in [-0.39, 0.29) is 6.61 Å². The highest BCUT2D eigenvalue weighted by molar-refractivity contribution is 5.94. The first-order chi connectivity index (χ1) is 23.0. The maximum atomic E-state index is 12.5. The quantitative estimate of drug-likeness (QED) is 0.0651. The standard InChI is InChI=1S/C32H39N7O9/c1-18(40)36-27-25(41)13-32(31(45)46,48-29(27)28(43)26(42)15-35-30(44)19-6-3-2-4-7-19)47-11-5-8-22-17-39(38-37-22)16-20-14-34-24-10-9-21(33)12-23(20)24/h2-4,6-7,9-10,12,14,17,25-29,34,41-43H,5,8,11,13,15-16,33H2,1H3,(H,35,44)(H,36,40)(H,45,46)/t25-,26+,27+,28+,29?,32+/m0/s1. The van der Waals surface area contributed by atoms with Gasteiger partial charge in [0.25, 0.3) is 11.7 Å². The van der Waals surface area contributed by atoms with Crippen LogP contribution in [0.4, 0.5) is 5.69 Å². The summed E-state index contributed by atoms with van der Waals surface area (Å²) in [5, 5.41) is 57.2. The third-order valence-electron chi connectivity index (χ3n) is 8.13. The van der Waals surface area contributed by atoms with Gasteiger partial charge >= 0.3 is 5.97 Å². The highest BCUT2D eigenvalue weighted by atomic mass is 16.7. The van der Waals surface area contributed by atoms with Gasteiger partial charge in [-0.1, -0.05) is 23.4 Å². The molecule has 16 heteroatoms. The number of carbonyl (C=O) groups excluding carboxylic acids is 2. The zero-order valence-corrected chi connectivity index (χ0v) is 26.2. The van der Waals surface area contributed by atoms with Crippen molar-refractivity contribution < 1.29 is 44.3 Å². The first-order valence-electron chi connectivity index (χ1n) is 15.4. The minimum absolute atomic E-state index is 0.142. The van der Waals surface area contributed by atoms with Crippen molar-refractivity contribution in [3.8, 4) is 0 Å². The van der Waals surface area contributed by atoms with Crippen LogP contribution in [0.25, 0.3) is 10.9 Å². The molecule has 0 saturated carbocycles. The van der Waals surface area contributed by atoms with Gasteiger partial charge in [-0.25, -0.2) is 9.48 Å². The number of ether oxygens (including phenoxy) is 2. The number of aliphatic hydroxyl groups excluding tert-OH is 3.